The summed E-state index contributed by atoms with van der Waals surface area (Å²) in [6.07, 6.45) is 1.43. The molecule has 3 nitrogen and oxygen atoms in total. The number of pyridine rings is 1. The maximum atomic E-state index is 5.83. The molecule has 0 amide bonds. The van der Waals surface area contributed by atoms with Gasteiger partial charge in [-0.05, 0) is 26.8 Å². The highest BCUT2D eigenvalue weighted by Crippen LogP contribution is 2.17. The number of nitrogens with zero attached hydrogens (tertiary/aromatic N) is 1. The predicted octanol–water partition coefficient (Wildman–Crippen LogP) is 1.55. The van der Waals surface area contributed by atoms with Crippen molar-refractivity contribution in [2.45, 2.75) is 26.4 Å². The Balaban J connectivity index is 0.00000112. The molecule has 84 valence electrons. The molecule has 0 unspecified atom stereocenters. The second-order valence-corrected chi connectivity index (χ2v) is 3.82. The van der Waals surface area contributed by atoms with Gasteiger partial charge >= 0.3 is 0 Å². The summed E-state index contributed by atoms with van der Waals surface area (Å²) in [4.78, 5) is 4.31. The summed E-state index contributed by atoms with van der Waals surface area (Å²) in [5, 5.41) is 3.28. The van der Waals surface area contributed by atoms with Crippen LogP contribution in [0, 0.1) is 13.8 Å². The van der Waals surface area contributed by atoms with Crippen LogP contribution >= 0.6 is 13.5 Å². The zero-order valence-electron chi connectivity index (χ0n) is 9.21. The molecule has 0 aromatic carbocycles. The Bertz CT molecular complexity index is 304. The van der Waals surface area contributed by atoms with E-state index < -0.39 is 0 Å². The molecular weight excluding hydrogens is 208 g/mol. The lowest BCUT2D eigenvalue weighted by molar-refractivity contribution is 0.222. The van der Waals surface area contributed by atoms with Crippen molar-refractivity contribution in [2.75, 3.05) is 13.1 Å². The van der Waals surface area contributed by atoms with Crippen molar-refractivity contribution in [3.8, 4) is 5.75 Å². The van der Waals surface area contributed by atoms with E-state index in [-0.39, 0.29) is 13.5 Å². The van der Waals surface area contributed by atoms with E-state index in [0.717, 1.165) is 36.6 Å². The van der Waals surface area contributed by atoms with Crippen LogP contribution in [-0.2, 0) is 0 Å². The first kappa shape index (κ1) is 12.3. The molecule has 1 aromatic heterocycles. The van der Waals surface area contributed by atoms with E-state index in [2.05, 4.69) is 10.3 Å². The predicted molar refractivity (Wildman–Crippen MR) is 66.0 cm³/mol. The van der Waals surface area contributed by atoms with Gasteiger partial charge in [0.1, 0.15) is 11.9 Å². The van der Waals surface area contributed by atoms with Crippen LogP contribution < -0.4 is 10.1 Å². The minimum absolute atomic E-state index is 0. The van der Waals surface area contributed by atoms with Gasteiger partial charge in [0.15, 0.2) is 0 Å². The molecular formula is C11H18N2OS. The largest absolute Gasteiger partial charge is 0.489 e. The SMILES string of the molecule is Cc1cc(O[C@H]2CCNC2)cc(C)n1.S. The number of rotatable bonds is 2. The fourth-order valence-corrected chi connectivity index (χ4v) is 1.79. The van der Waals surface area contributed by atoms with Crippen LogP contribution in [0.25, 0.3) is 0 Å². The Hall–Kier alpha value is -0.740. The van der Waals surface area contributed by atoms with E-state index in [4.69, 9.17) is 4.74 Å². The summed E-state index contributed by atoms with van der Waals surface area (Å²) >= 11 is 0. The standard InChI is InChI=1S/C11H16N2O.H2S/c1-8-5-11(6-9(2)13-8)14-10-3-4-12-7-10;/h5-6,10,12H,3-4,7H2,1-2H3;1H2/t10-;/m0./s1. The number of ether oxygens (including phenoxy) is 1. The first-order chi connectivity index (χ1) is 6.74. The molecule has 4 heteroatoms. The van der Waals surface area contributed by atoms with Crippen LogP contribution in [0.15, 0.2) is 12.1 Å². The summed E-state index contributed by atoms with van der Waals surface area (Å²) in [5.41, 5.74) is 2.04. The molecule has 0 radical (unpaired) electrons. The zero-order valence-corrected chi connectivity index (χ0v) is 10.2. The highest BCUT2D eigenvalue weighted by molar-refractivity contribution is 7.59. The Morgan fingerprint density at radius 1 is 1.33 bits per heavy atom. The molecule has 0 saturated carbocycles. The minimum atomic E-state index is 0. The van der Waals surface area contributed by atoms with Gasteiger partial charge in [-0.2, -0.15) is 13.5 Å². The van der Waals surface area contributed by atoms with E-state index >= 15 is 0 Å². The zero-order chi connectivity index (χ0) is 9.97. The van der Waals surface area contributed by atoms with Crippen LogP contribution in [0.4, 0.5) is 0 Å². The lowest BCUT2D eigenvalue weighted by atomic mass is 10.3. The van der Waals surface area contributed by atoms with Gasteiger partial charge in [0.05, 0.1) is 0 Å². The molecule has 2 heterocycles. The van der Waals surface area contributed by atoms with Gasteiger partial charge in [-0.1, -0.05) is 0 Å². The monoisotopic (exact) mass is 226 g/mol. The summed E-state index contributed by atoms with van der Waals surface area (Å²) in [7, 11) is 0. The summed E-state index contributed by atoms with van der Waals surface area (Å²) in [6, 6.07) is 3.98. The lowest BCUT2D eigenvalue weighted by Gasteiger charge is -2.13. The van der Waals surface area contributed by atoms with Crippen molar-refractivity contribution < 1.29 is 4.74 Å². The number of hydrogen-bond donors (Lipinski definition) is 1. The third-order valence-electron chi connectivity index (χ3n) is 2.37. The molecule has 1 aliphatic heterocycles. The smallest absolute Gasteiger partial charge is 0.123 e. The van der Waals surface area contributed by atoms with Crippen LogP contribution in [0.5, 0.6) is 5.75 Å². The highest BCUT2D eigenvalue weighted by atomic mass is 32.1. The van der Waals surface area contributed by atoms with Crippen LogP contribution in [0.3, 0.4) is 0 Å². The number of aryl methyl sites for hydroxylation is 2. The second kappa shape index (κ2) is 5.37. The number of nitrogens with one attached hydrogen (secondary N) is 1. The Labute approximate surface area is 97.7 Å². The quantitative estimate of drug-likeness (QED) is 0.831. The second-order valence-electron chi connectivity index (χ2n) is 3.82. The molecule has 1 atom stereocenters. The van der Waals surface area contributed by atoms with Gasteiger partial charge in [-0.25, -0.2) is 0 Å². The van der Waals surface area contributed by atoms with E-state index in [1.807, 2.05) is 26.0 Å². The van der Waals surface area contributed by atoms with Crippen molar-refractivity contribution in [1.82, 2.24) is 10.3 Å². The van der Waals surface area contributed by atoms with E-state index in [9.17, 15) is 0 Å². The number of hydrogen-bond acceptors (Lipinski definition) is 3. The van der Waals surface area contributed by atoms with E-state index in [0.29, 0.717) is 6.10 Å². The molecule has 1 saturated heterocycles. The van der Waals surface area contributed by atoms with Gasteiger partial charge in [-0.15, -0.1) is 0 Å². The van der Waals surface area contributed by atoms with E-state index in [1.54, 1.807) is 0 Å². The summed E-state index contributed by atoms with van der Waals surface area (Å²) < 4.78 is 5.83. The highest BCUT2D eigenvalue weighted by Gasteiger charge is 2.15. The van der Waals surface area contributed by atoms with E-state index in [1.165, 1.54) is 0 Å². The van der Waals surface area contributed by atoms with Crippen molar-refractivity contribution in [3.05, 3.63) is 23.5 Å². The van der Waals surface area contributed by atoms with Gasteiger partial charge < -0.3 is 10.1 Å². The summed E-state index contributed by atoms with van der Waals surface area (Å²) in [6.45, 7) is 6.01. The number of aromatic nitrogens is 1. The maximum absolute atomic E-state index is 5.83. The van der Waals surface area contributed by atoms with Crippen molar-refractivity contribution in [2.24, 2.45) is 0 Å². The third-order valence-corrected chi connectivity index (χ3v) is 2.37. The fraction of sp³-hybridized carbons (Fsp3) is 0.545. The maximum Gasteiger partial charge on any atom is 0.123 e. The van der Waals surface area contributed by atoms with Gasteiger partial charge in [0, 0.05) is 30.1 Å². The fourth-order valence-electron chi connectivity index (χ4n) is 1.79. The van der Waals surface area contributed by atoms with Gasteiger partial charge in [-0.3, -0.25) is 4.98 Å². The van der Waals surface area contributed by atoms with Gasteiger partial charge in [0.25, 0.3) is 0 Å². The average molecular weight is 226 g/mol. The normalized spacial score (nSPS) is 19.7. The molecule has 1 aliphatic rings. The van der Waals surface area contributed by atoms with Crippen molar-refractivity contribution in [1.29, 1.82) is 0 Å². The van der Waals surface area contributed by atoms with Crippen molar-refractivity contribution >= 4 is 13.5 Å². The van der Waals surface area contributed by atoms with Crippen LogP contribution in [-0.4, -0.2) is 24.2 Å². The molecule has 1 N–H and O–H groups in total. The average Bonchev–Trinajstić information content (AvgIpc) is 2.54. The first-order valence-corrected chi connectivity index (χ1v) is 5.07. The Kier molecular flexibility index (Phi) is 4.42. The first-order valence-electron chi connectivity index (χ1n) is 5.07. The molecule has 0 aliphatic carbocycles. The Morgan fingerprint density at radius 2 is 2.00 bits per heavy atom. The lowest BCUT2D eigenvalue weighted by Crippen LogP contribution is -2.19. The van der Waals surface area contributed by atoms with Crippen LogP contribution in [0.2, 0.25) is 0 Å². The molecule has 15 heavy (non-hydrogen) atoms. The van der Waals surface area contributed by atoms with Crippen LogP contribution in [0.1, 0.15) is 17.8 Å². The summed E-state index contributed by atoms with van der Waals surface area (Å²) in [5.74, 6) is 0.948. The molecule has 2 rings (SSSR count). The molecule has 1 aromatic rings. The Morgan fingerprint density at radius 3 is 2.53 bits per heavy atom. The third kappa shape index (κ3) is 3.39. The minimum Gasteiger partial charge on any atom is -0.489 e. The van der Waals surface area contributed by atoms with Gasteiger partial charge in [0.2, 0.25) is 0 Å². The topological polar surface area (TPSA) is 34.1 Å². The molecule has 0 bridgehead atoms. The molecule has 1 fully saturated rings. The van der Waals surface area contributed by atoms with Crippen molar-refractivity contribution in [3.63, 3.8) is 0 Å². The molecule has 0 spiro atoms.